The maximum atomic E-state index is 4.68. The molecule has 25 heavy (non-hydrogen) atoms. The Balaban J connectivity index is 1.51. The Hall–Kier alpha value is -2.01. The van der Waals surface area contributed by atoms with E-state index in [-0.39, 0.29) is 0 Å². The van der Waals surface area contributed by atoms with Crippen LogP contribution >= 0.6 is 0 Å². The zero-order chi connectivity index (χ0) is 17.2. The molecule has 0 amide bonds. The summed E-state index contributed by atoms with van der Waals surface area (Å²) in [5.41, 5.74) is 5.93. The normalized spacial score (nSPS) is 20.5. The predicted molar refractivity (Wildman–Crippen MR) is 101 cm³/mol. The van der Waals surface area contributed by atoms with Crippen LogP contribution in [0.3, 0.4) is 0 Å². The van der Waals surface area contributed by atoms with Crippen LogP contribution in [0, 0.1) is 6.92 Å². The first-order valence-corrected chi connectivity index (χ1v) is 9.55. The van der Waals surface area contributed by atoms with Crippen LogP contribution in [0.5, 0.6) is 0 Å². The fraction of sp³-hybridized carbons (Fsp3) is 0.550. The summed E-state index contributed by atoms with van der Waals surface area (Å²) in [5, 5.41) is 12.3. The third-order valence-corrected chi connectivity index (χ3v) is 5.52. The van der Waals surface area contributed by atoms with Gasteiger partial charge in [-0.2, -0.15) is 0 Å². The molecule has 1 atom stereocenters. The van der Waals surface area contributed by atoms with Crippen LogP contribution in [-0.4, -0.2) is 45.8 Å². The Bertz CT molecular complexity index is 758. The van der Waals surface area contributed by atoms with Crippen LogP contribution < -0.4 is 5.32 Å². The molecule has 0 radical (unpaired) electrons. The molecule has 5 heteroatoms. The Labute approximate surface area is 149 Å². The third kappa shape index (κ3) is 3.52. The highest BCUT2D eigenvalue weighted by Gasteiger charge is 2.20. The van der Waals surface area contributed by atoms with E-state index in [1.54, 1.807) is 0 Å². The average molecular weight is 337 g/mol. The maximum absolute atomic E-state index is 4.68. The number of benzene rings is 1. The van der Waals surface area contributed by atoms with Crippen molar-refractivity contribution in [2.75, 3.05) is 25.0 Å². The van der Waals surface area contributed by atoms with Crippen molar-refractivity contribution in [2.45, 2.75) is 52.0 Å². The summed E-state index contributed by atoms with van der Waals surface area (Å²) in [6.07, 6.45) is 6.05. The first-order valence-electron chi connectivity index (χ1n) is 9.55. The van der Waals surface area contributed by atoms with Crippen molar-refractivity contribution in [3.05, 3.63) is 35.0 Å². The highest BCUT2D eigenvalue weighted by molar-refractivity contribution is 5.63. The summed E-state index contributed by atoms with van der Waals surface area (Å²) < 4.78 is 0. The molecule has 1 aliphatic heterocycles. The topological polar surface area (TPSA) is 53.9 Å². The molecule has 1 aromatic heterocycles. The van der Waals surface area contributed by atoms with Crippen molar-refractivity contribution >= 4 is 5.95 Å². The lowest BCUT2D eigenvalue weighted by molar-refractivity contribution is 0.226. The Morgan fingerprint density at radius 1 is 1.16 bits per heavy atom. The summed E-state index contributed by atoms with van der Waals surface area (Å²) in [6, 6.07) is 7.09. The van der Waals surface area contributed by atoms with Crippen molar-refractivity contribution in [1.82, 2.24) is 20.1 Å². The minimum absolute atomic E-state index is 0.417. The monoisotopic (exact) mass is 337 g/mol. The number of nitrogens with one attached hydrogen (secondary N) is 1. The highest BCUT2D eigenvalue weighted by atomic mass is 15.3. The first kappa shape index (κ1) is 16.5. The number of nitrogens with zero attached hydrogens (tertiary/aromatic N) is 4. The number of rotatable bonds is 4. The summed E-state index contributed by atoms with van der Waals surface area (Å²) in [7, 11) is 0. The van der Waals surface area contributed by atoms with Gasteiger partial charge in [-0.05, 0) is 69.3 Å². The van der Waals surface area contributed by atoms with Crippen molar-refractivity contribution < 1.29 is 0 Å². The second kappa shape index (κ2) is 7.08. The van der Waals surface area contributed by atoms with E-state index in [0.717, 1.165) is 30.0 Å². The first-order chi connectivity index (χ1) is 12.2. The Kier molecular flexibility index (Phi) is 4.66. The zero-order valence-corrected chi connectivity index (χ0v) is 15.3. The molecule has 2 aliphatic rings. The van der Waals surface area contributed by atoms with Crippen LogP contribution in [0.15, 0.2) is 18.2 Å². The number of piperidine rings is 1. The lowest BCUT2D eigenvalue weighted by Gasteiger charge is -2.32. The molecular formula is C20H27N5. The van der Waals surface area contributed by atoms with Crippen LogP contribution in [-0.2, 0) is 12.8 Å². The Morgan fingerprint density at radius 3 is 2.88 bits per heavy atom. The van der Waals surface area contributed by atoms with Gasteiger partial charge in [-0.25, -0.2) is 4.98 Å². The van der Waals surface area contributed by atoms with Gasteiger partial charge in [0.05, 0.1) is 5.69 Å². The van der Waals surface area contributed by atoms with E-state index in [4.69, 9.17) is 0 Å². The number of likely N-dealkylation sites (N-methyl/N-ethyl adjacent to an activating group) is 1. The van der Waals surface area contributed by atoms with Crippen LogP contribution in [0.2, 0.25) is 0 Å². The lowest BCUT2D eigenvalue weighted by Crippen LogP contribution is -2.42. The van der Waals surface area contributed by atoms with Gasteiger partial charge in [0.15, 0.2) is 0 Å². The number of anilines is 1. The molecule has 132 valence electrons. The van der Waals surface area contributed by atoms with Gasteiger partial charge in [-0.3, -0.25) is 0 Å². The summed E-state index contributed by atoms with van der Waals surface area (Å²) in [4.78, 5) is 7.16. The van der Waals surface area contributed by atoms with Crippen LogP contribution in [0.4, 0.5) is 5.95 Å². The van der Waals surface area contributed by atoms with Crippen LogP contribution in [0.25, 0.3) is 11.3 Å². The van der Waals surface area contributed by atoms with Crippen molar-refractivity contribution in [2.24, 2.45) is 0 Å². The fourth-order valence-corrected chi connectivity index (χ4v) is 4.09. The number of hydrogen-bond acceptors (Lipinski definition) is 5. The number of aryl methyl sites for hydroxylation is 3. The number of likely N-dealkylation sites (tertiary alicyclic amines) is 1. The van der Waals surface area contributed by atoms with Gasteiger partial charge < -0.3 is 10.2 Å². The quantitative estimate of drug-likeness (QED) is 0.928. The fourth-order valence-electron chi connectivity index (χ4n) is 4.09. The van der Waals surface area contributed by atoms with E-state index < -0.39 is 0 Å². The SMILES string of the molecule is CCN1CCC[C@@H](Nc2nnc(-c3ccc4c(c3)CCC4)c(C)n2)C1. The van der Waals surface area contributed by atoms with E-state index in [9.17, 15) is 0 Å². The summed E-state index contributed by atoms with van der Waals surface area (Å²) in [6.45, 7) is 7.61. The molecule has 0 bridgehead atoms. The number of hydrogen-bond donors (Lipinski definition) is 1. The molecular weight excluding hydrogens is 310 g/mol. The van der Waals surface area contributed by atoms with Crippen molar-refractivity contribution in [3.63, 3.8) is 0 Å². The smallest absolute Gasteiger partial charge is 0.243 e. The molecule has 0 unspecified atom stereocenters. The number of fused-ring (bicyclic) bond motifs is 1. The molecule has 1 N–H and O–H groups in total. The second-order valence-electron chi connectivity index (χ2n) is 7.28. The van der Waals surface area contributed by atoms with Crippen molar-refractivity contribution in [3.8, 4) is 11.3 Å². The molecule has 1 fully saturated rings. The van der Waals surface area contributed by atoms with Gasteiger partial charge in [-0.1, -0.05) is 19.1 Å². The minimum Gasteiger partial charge on any atom is -0.349 e. The molecule has 1 saturated heterocycles. The van der Waals surface area contributed by atoms with Gasteiger partial charge in [0.2, 0.25) is 5.95 Å². The standard InChI is InChI=1S/C20H27N5/c1-3-25-11-5-8-18(13-25)22-20-21-14(2)19(23-24-20)17-10-9-15-6-4-7-16(15)12-17/h9-10,12,18H,3-8,11,13H2,1-2H3,(H,21,22,24)/t18-/m1/s1. The molecule has 0 saturated carbocycles. The van der Waals surface area contributed by atoms with E-state index >= 15 is 0 Å². The van der Waals surface area contributed by atoms with Gasteiger partial charge in [0.1, 0.15) is 5.69 Å². The van der Waals surface area contributed by atoms with Crippen molar-refractivity contribution in [1.29, 1.82) is 0 Å². The molecule has 2 aromatic rings. The Morgan fingerprint density at radius 2 is 2.04 bits per heavy atom. The molecule has 0 spiro atoms. The summed E-state index contributed by atoms with van der Waals surface area (Å²) in [5.74, 6) is 0.658. The van der Waals surface area contributed by atoms with E-state index in [2.05, 4.69) is 50.5 Å². The average Bonchev–Trinajstić information content (AvgIpc) is 3.10. The second-order valence-corrected chi connectivity index (χ2v) is 7.28. The van der Waals surface area contributed by atoms with Gasteiger partial charge in [0, 0.05) is 18.2 Å². The minimum atomic E-state index is 0.417. The van der Waals surface area contributed by atoms with E-state index in [1.807, 2.05) is 6.92 Å². The molecule has 4 rings (SSSR count). The number of aromatic nitrogens is 3. The predicted octanol–water partition coefficient (Wildman–Crippen LogP) is 3.23. The summed E-state index contributed by atoms with van der Waals surface area (Å²) >= 11 is 0. The largest absolute Gasteiger partial charge is 0.349 e. The van der Waals surface area contributed by atoms with Gasteiger partial charge in [0.25, 0.3) is 0 Å². The third-order valence-electron chi connectivity index (χ3n) is 5.52. The van der Waals surface area contributed by atoms with Gasteiger partial charge >= 0.3 is 0 Å². The van der Waals surface area contributed by atoms with E-state index in [1.165, 1.54) is 49.8 Å². The molecule has 2 heterocycles. The van der Waals surface area contributed by atoms with E-state index in [0.29, 0.717) is 12.0 Å². The lowest BCUT2D eigenvalue weighted by atomic mass is 10.0. The zero-order valence-electron chi connectivity index (χ0n) is 15.3. The van der Waals surface area contributed by atoms with Gasteiger partial charge in [-0.15, -0.1) is 10.2 Å². The van der Waals surface area contributed by atoms with Crippen LogP contribution in [0.1, 0.15) is 43.0 Å². The highest BCUT2D eigenvalue weighted by Crippen LogP contribution is 2.28. The molecule has 1 aromatic carbocycles. The molecule has 5 nitrogen and oxygen atoms in total. The molecule has 1 aliphatic carbocycles. The maximum Gasteiger partial charge on any atom is 0.243 e.